The van der Waals surface area contributed by atoms with E-state index < -0.39 is 0 Å². The van der Waals surface area contributed by atoms with Gasteiger partial charge in [-0.05, 0) is 37.1 Å². The fraction of sp³-hybridized carbons (Fsp3) is 0.158. The van der Waals surface area contributed by atoms with Gasteiger partial charge in [-0.3, -0.25) is 9.59 Å². The number of fused-ring (bicyclic) bond motifs is 1. The first kappa shape index (κ1) is 15.8. The van der Waals surface area contributed by atoms with E-state index in [2.05, 4.69) is 5.32 Å². The van der Waals surface area contributed by atoms with E-state index in [-0.39, 0.29) is 18.5 Å². The van der Waals surface area contributed by atoms with Crippen LogP contribution in [0.25, 0.3) is 6.08 Å². The molecule has 0 saturated heterocycles. The number of ketones is 1. The molecule has 1 amide bonds. The fourth-order valence-electron chi connectivity index (χ4n) is 2.45. The lowest BCUT2D eigenvalue weighted by atomic mass is 10.1. The average molecular weight is 323 g/mol. The number of ether oxygens (including phenoxy) is 2. The van der Waals surface area contributed by atoms with E-state index in [0.29, 0.717) is 22.7 Å². The molecular weight excluding hydrogens is 306 g/mol. The Hall–Kier alpha value is -3.08. The molecule has 0 spiro atoms. The summed E-state index contributed by atoms with van der Waals surface area (Å²) in [5, 5.41) is 2.73. The van der Waals surface area contributed by atoms with Gasteiger partial charge in [-0.15, -0.1) is 0 Å². The van der Waals surface area contributed by atoms with E-state index >= 15 is 0 Å². The number of Topliss-reactive ketones (excluding diaryl/α,β-unsaturated/α-hetero) is 1. The van der Waals surface area contributed by atoms with E-state index in [1.165, 1.54) is 13.0 Å². The number of amides is 1. The maximum absolute atomic E-state index is 12.2. The molecule has 0 unspecified atom stereocenters. The van der Waals surface area contributed by atoms with Crippen LogP contribution in [-0.2, 0) is 4.79 Å². The van der Waals surface area contributed by atoms with Crippen molar-refractivity contribution in [1.82, 2.24) is 0 Å². The van der Waals surface area contributed by atoms with Crippen LogP contribution in [-0.4, -0.2) is 18.5 Å². The third-order valence-electron chi connectivity index (χ3n) is 3.75. The second-order valence-electron chi connectivity index (χ2n) is 5.49. The minimum Gasteiger partial charge on any atom is -0.454 e. The molecule has 3 rings (SSSR count). The van der Waals surface area contributed by atoms with Crippen LogP contribution in [0.4, 0.5) is 5.69 Å². The zero-order chi connectivity index (χ0) is 17.1. The summed E-state index contributed by atoms with van der Waals surface area (Å²) >= 11 is 0. The first-order valence-corrected chi connectivity index (χ1v) is 7.54. The summed E-state index contributed by atoms with van der Waals surface area (Å²) < 4.78 is 10.6. The number of rotatable bonds is 4. The number of anilines is 1. The molecular formula is C19H17NO4. The van der Waals surface area contributed by atoms with Gasteiger partial charge in [0.15, 0.2) is 17.3 Å². The predicted molar refractivity (Wildman–Crippen MR) is 91.4 cm³/mol. The quantitative estimate of drug-likeness (QED) is 0.690. The molecule has 0 radical (unpaired) electrons. The smallest absolute Gasteiger partial charge is 0.248 e. The van der Waals surface area contributed by atoms with Gasteiger partial charge < -0.3 is 14.8 Å². The molecule has 0 aromatic heterocycles. The highest BCUT2D eigenvalue weighted by molar-refractivity contribution is 6.08. The maximum atomic E-state index is 12.2. The number of hydrogen-bond donors (Lipinski definition) is 1. The van der Waals surface area contributed by atoms with Gasteiger partial charge in [0, 0.05) is 17.7 Å². The van der Waals surface area contributed by atoms with E-state index in [1.807, 2.05) is 31.2 Å². The zero-order valence-electron chi connectivity index (χ0n) is 13.5. The van der Waals surface area contributed by atoms with Crippen molar-refractivity contribution in [2.75, 3.05) is 12.1 Å². The van der Waals surface area contributed by atoms with Gasteiger partial charge in [0.05, 0.1) is 5.69 Å². The molecule has 0 fully saturated rings. The Morgan fingerprint density at radius 3 is 2.54 bits per heavy atom. The summed E-state index contributed by atoms with van der Waals surface area (Å²) in [4.78, 5) is 24.0. The van der Waals surface area contributed by atoms with E-state index in [9.17, 15) is 9.59 Å². The molecule has 1 aliphatic rings. The molecule has 0 saturated carbocycles. The lowest BCUT2D eigenvalue weighted by Crippen LogP contribution is -2.11. The highest BCUT2D eigenvalue weighted by Gasteiger charge is 2.19. The Morgan fingerprint density at radius 2 is 1.83 bits per heavy atom. The molecule has 24 heavy (non-hydrogen) atoms. The van der Waals surface area contributed by atoms with Crippen molar-refractivity contribution in [2.24, 2.45) is 0 Å². The monoisotopic (exact) mass is 323 g/mol. The van der Waals surface area contributed by atoms with Gasteiger partial charge in [-0.1, -0.05) is 24.3 Å². The van der Waals surface area contributed by atoms with Gasteiger partial charge in [-0.25, -0.2) is 0 Å². The standard InChI is InChI=1S/C19H17NO4/c1-12-5-3-4-6-14(12)7-8-19(22)20-16-10-18-17(23-11-24-18)9-15(16)13(2)21/h3-10H,11H2,1-2H3,(H,20,22)/b8-7+. The van der Waals surface area contributed by atoms with Crippen LogP contribution < -0.4 is 14.8 Å². The van der Waals surface area contributed by atoms with Crippen LogP contribution in [0.2, 0.25) is 0 Å². The number of carbonyl (C=O) groups excluding carboxylic acids is 2. The highest BCUT2D eigenvalue weighted by Crippen LogP contribution is 2.37. The average Bonchev–Trinajstić information content (AvgIpc) is 3.00. The second-order valence-corrected chi connectivity index (χ2v) is 5.49. The Kier molecular flexibility index (Phi) is 4.33. The normalized spacial score (nSPS) is 12.4. The Balaban J connectivity index is 1.82. The van der Waals surface area contributed by atoms with Crippen molar-refractivity contribution in [1.29, 1.82) is 0 Å². The van der Waals surface area contributed by atoms with Crippen molar-refractivity contribution >= 4 is 23.5 Å². The molecule has 0 aliphatic carbocycles. The van der Waals surface area contributed by atoms with E-state index in [0.717, 1.165) is 11.1 Å². The summed E-state index contributed by atoms with van der Waals surface area (Å²) in [6.45, 7) is 3.52. The van der Waals surface area contributed by atoms with Gasteiger partial charge >= 0.3 is 0 Å². The van der Waals surface area contributed by atoms with E-state index in [1.54, 1.807) is 18.2 Å². The van der Waals surface area contributed by atoms with Gasteiger partial charge in [0.2, 0.25) is 12.7 Å². The lowest BCUT2D eigenvalue weighted by molar-refractivity contribution is -0.111. The van der Waals surface area contributed by atoms with Crippen LogP contribution in [0, 0.1) is 6.92 Å². The zero-order valence-corrected chi connectivity index (χ0v) is 13.5. The summed E-state index contributed by atoms with van der Waals surface area (Å²) in [6.07, 6.45) is 3.18. The highest BCUT2D eigenvalue weighted by atomic mass is 16.7. The summed E-state index contributed by atoms with van der Waals surface area (Å²) in [7, 11) is 0. The number of benzene rings is 2. The van der Waals surface area contributed by atoms with Crippen molar-refractivity contribution < 1.29 is 19.1 Å². The van der Waals surface area contributed by atoms with Gasteiger partial charge in [0.1, 0.15) is 0 Å². The number of aryl methyl sites for hydroxylation is 1. The second kappa shape index (κ2) is 6.58. The van der Waals surface area contributed by atoms with Crippen LogP contribution in [0.1, 0.15) is 28.4 Å². The minimum absolute atomic E-state index is 0.108. The molecule has 0 atom stereocenters. The summed E-state index contributed by atoms with van der Waals surface area (Å²) in [5.41, 5.74) is 2.84. The van der Waals surface area contributed by atoms with Crippen molar-refractivity contribution in [2.45, 2.75) is 13.8 Å². The topological polar surface area (TPSA) is 64.6 Å². The molecule has 1 aliphatic heterocycles. The largest absolute Gasteiger partial charge is 0.454 e. The Labute approximate surface area is 139 Å². The summed E-state index contributed by atoms with van der Waals surface area (Å²) in [6, 6.07) is 11.0. The number of hydrogen-bond acceptors (Lipinski definition) is 4. The van der Waals surface area contributed by atoms with Crippen molar-refractivity contribution in [3.8, 4) is 11.5 Å². The molecule has 1 heterocycles. The van der Waals surface area contributed by atoms with E-state index in [4.69, 9.17) is 9.47 Å². The number of nitrogens with one attached hydrogen (secondary N) is 1. The third-order valence-corrected chi connectivity index (χ3v) is 3.75. The number of carbonyl (C=O) groups is 2. The Bertz CT molecular complexity index is 839. The minimum atomic E-state index is -0.320. The van der Waals surface area contributed by atoms with Crippen LogP contribution in [0.5, 0.6) is 11.5 Å². The van der Waals surface area contributed by atoms with Gasteiger partial charge in [0.25, 0.3) is 0 Å². The molecule has 122 valence electrons. The van der Waals surface area contributed by atoms with Crippen LogP contribution >= 0.6 is 0 Å². The molecule has 5 nitrogen and oxygen atoms in total. The molecule has 1 N–H and O–H groups in total. The van der Waals surface area contributed by atoms with Crippen LogP contribution in [0.3, 0.4) is 0 Å². The lowest BCUT2D eigenvalue weighted by Gasteiger charge is -2.09. The molecule has 0 bridgehead atoms. The first-order valence-electron chi connectivity index (χ1n) is 7.54. The van der Waals surface area contributed by atoms with Crippen LogP contribution in [0.15, 0.2) is 42.5 Å². The van der Waals surface area contributed by atoms with Gasteiger partial charge in [-0.2, -0.15) is 0 Å². The summed E-state index contributed by atoms with van der Waals surface area (Å²) in [5.74, 6) is 0.540. The van der Waals surface area contributed by atoms with Crippen molar-refractivity contribution in [3.63, 3.8) is 0 Å². The Morgan fingerprint density at radius 1 is 1.12 bits per heavy atom. The van der Waals surface area contributed by atoms with Crippen molar-refractivity contribution in [3.05, 3.63) is 59.2 Å². The molecule has 2 aromatic carbocycles. The third kappa shape index (κ3) is 3.30. The first-order chi connectivity index (χ1) is 11.5. The molecule has 2 aromatic rings. The SMILES string of the molecule is CC(=O)c1cc2c(cc1NC(=O)/C=C/c1ccccc1C)OCO2. The predicted octanol–water partition coefficient (Wildman–Crippen LogP) is 3.58. The molecule has 5 heteroatoms. The fourth-order valence-corrected chi connectivity index (χ4v) is 2.45. The maximum Gasteiger partial charge on any atom is 0.248 e.